The number of likely N-dealkylation sites (tertiary alicyclic amines) is 1. The van der Waals surface area contributed by atoms with E-state index in [4.69, 9.17) is 4.74 Å². The second-order valence-corrected chi connectivity index (χ2v) is 7.67. The van der Waals surface area contributed by atoms with Crippen molar-refractivity contribution in [3.8, 4) is 5.75 Å². The van der Waals surface area contributed by atoms with Gasteiger partial charge in [-0.05, 0) is 38.9 Å². The lowest BCUT2D eigenvalue weighted by molar-refractivity contribution is -0.121. The number of nitrogens with zero attached hydrogens (tertiary/aromatic N) is 2. The molecule has 1 amide bonds. The summed E-state index contributed by atoms with van der Waals surface area (Å²) in [6, 6.07) is 8.10. The Kier molecular flexibility index (Phi) is 6.68. The van der Waals surface area contributed by atoms with Crippen molar-refractivity contribution < 1.29 is 9.53 Å². The van der Waals surface area contributed by atoms with E-state index in [2.05, 4.69) is 16.3 Å². The van der Waals surface area contributed by atoms with Gasteiger partial charge in [0, 0.05) is 36.1 Å². The van der Waals surface area contributed by atoms with E-state index in [9.17, 15) is 9.59 Å². The van der Waals surface area contributed by atoms with Crippen LogP contribution in [0.4, 0.5) is 0 Å². The first-order chi connectivity index (χ1) is 13.1. The molecule has 1 fully saturated rings. The van der Waals surface area contributed by atoms with Gasteiger partial charge in [-0.3, -0.25) is 14.5 Å². The zero-order valence-electron chi connectivity index (χ0n) is 15.9. The highest BCUT2D eigenvalue weighted by Gasteiger charge is 2.26. The normalized spacial score (nSPS) is 15.6. The summed E-state index contributed by atoms with van der Waals surface area (Å²) in [5, 5.41) is 4.89. The van der Waals surface area contributed by atoms with E-state index >= 15 is 0 Å². The standard InChI is InChI=1S/C20H27N3O3S/c1-15-14-27-20(25)23(15)12-9-19(24)21-13-17(22-10-5-6-11-22)16-7-3-4-8-18(16)26-2/h3-4,7-8,14,17H,5-6,9-13H2,1-2H3,(H,21,24)/t17-/m1/s1. The zero-order chi connectivity index (χ0) is 19.2. The molecule has 1 aliphatic heterocycles. The number of nitrogens with one attached hydrogen (secondary N) is 1. The largest absolute Gasteiger partial charge is 0.496 e. The van der Waals surface area contributed by atoms with Crippen LogP contribution in [0.3, 0.4) is 0 Å². The number of para-hydroxylation sites is 1. The average molecular weight is 390 g/mol. The van der Waals surface area contributed by atoms with Gasteiger partial charge in [0.2, 0.25) is 5.91 Å². The minimum Gasteiger partial charge on any atom is -0.496 e. The Labute approximate surface area is 163 Å². The summed E-state index contributed by atoms with van der Waals surface area (Å²) in [4.78, 5) is 26.6. The molecule has 1 aromatic carbocycles. The summed E-state index contributed by atoms with van der Waals surface area (Å²) >= 11 is 1.17. The van der Waals surface area contributed by atoms with Gasteiger partial charge in [0.15, 0.2) is 0 Å². The quantitative estimate of drug-likeness (QED) is 0.754. The molecule has 3 rings (SSSR count). The van der Waals surface area contributed by atoms with Gasteiger partial charge in [0.05, 0.1) is 13.2 Å². The number of aryl methyl sites for hydroxylation is 1. The number of hydrogen-bond acceptors (Lipinski definition) is 5. The summed E-state index contributed by atoms with van der Waals surface area (Å²) in [5.74, 6) is 0.815. The predicted octanol–water partition coefficient (Wildman–Crippen LogP) is 2.57. The second-order valence-electron chi connectivity index (χ2n) is 6.85. The average Bonchev–Trinajstić information content (AvgIpc) is 3.31. The van der Waals surface area contributed by atoms with Crippen LogP contribution in [0.25, 0.3) is 0 Å². The second kappa shape index (κ2) is 9.19. The molecule has 146 valence electrons. The third kappa shape index (κ3) is 4.78. The number of ether oxygens (including phenoxy) is 1. The zero-order valence-corrected chi connectivity index (χ0v) is 16.8. The molecule has 7 heteroatoms. The number of hydrogen-bond donors (Lipinski definition) is 1. The van der Waals surface area contributed by atoms with Crippen LogP contribution in [0.2, 0.25) is 0 Å². The van der Waals surface area contributed by atoms with Crippen molar-refractivity contribution in [1.29, 1.82) is 0 Å². The van der Waals surface area contributed by atoms with Crippen LogP contribution in [0.1, 0.15) is 36.6 Å². The van der Waals surface area contributed by atoms with Gasteiger partial charge in [-0.2, -0.15) is 0 Å². The molecule has 1 atom stereocenters. The molecule has 6 nitrogen and oxygen atoms in total. The van der Waals surface area contributed by atoms with Crippen molar-refractivity contribution in [2.45, 2.75) is 38.8 Å². The molecule has 0 saturated carbocycles. The summed E-state index contributed by atoms with van der Waals surface area (Å²) < 4.78 is 7.19. The predicted molar refractivity (Wildman–Crippen MR) is 107 cm³/mol. The molecule has 0 radical (unpaired) electrons. The highest BCUT2D eigenvalue weighted by atomic mass is 32.1. The molecule has 1 aliphatic rings. The SMILES string of the molecule is COc1ccccc1[C@@H](CNC(=O)CCn1c(C)csc1=O)N1CCCC1. The van der Waals surface area contributed by atoms with Crippen LogP contribution in [0.15, 0.2) is 34.4 Å². The Balaban J connectivity index is 1.64. The van der Waals surface area contributed by atoms with Gasteiger partial charge < -0.3 is 14.6 Å². The number of rotatable bonds is 8. The van der Waals surface area contributed by atoms with Crippen molar-refractivity contribution in [2.24, 2.45) is 0 Å². The third-order valence-corrected chi connectivity index (χ3v) is 5.99. The molecule has 27 heavy (non-hydrogen) atoms. The van der Waals surface area contributed by atoms with E-state index in [1.165, 1.54) is 24.2 Å². The maximum Gasteiger partial charge on any atom is 0.307 e. The van der Waals surface area contributed by atoms with Gasteiger partial charge in [0.25, 0.3) is 0 Å². The summed E-state index contributed by atoms with van der Waals surface area (Å²) in [6.07, 6.45) is 2.66. The highest BCUT2D eigenvalue weighted by molar-refractivity contribution is 7.07. The van der Waals surface area contributed by atoms with Crippen LogP contribution in [0, 0.1) is 6.92 Å². The molecule has 0 unspecified atom stereocenters. The lowest BCUT2D eigenvalue weighted by Crippen LogP contribution is -2.37. The summed E-state index contributed by atoms with van der Waals surface area (Å²) in [6.45, 7) is 4.91. The molecule has 0 aliphatic carbocycles. The van der Waals surface area contributed by atoms with Gasteiger partial charge in [-0.15, -0.1) is 0 Å². The molecular weight excluding hydrogens is 362 g/mol. The van der Waals surface area contributed by atoms with Crippen molar-refractivity contribution in [1.82, 2.24) is 14.8 Å². The summed E-state index contributed by atoms with van der Waals surface area (Å²) in [5.41, 5.74) is 2.01. The van der Waals surface area contributed by atoms with Gasteiger partial charge in [-0.25, -0.2) is 0 Å². The maximum atomic E-state index is 12.4. The fourth-order valence-electron chi connectivity index (χ4n) is 3.62. The number of amides is 1. The van der Waals surface area contributed by atoms with Crippen LogP contribution < -0.4 is 14.9 Å². The van der Waals surface area contributed by atoms with E-state index in [0.717, 1.165) is 30.1 Å². The Bertz CT molecular complexity index is 824. The summed E-state index contributed by atoms with van der Waals surface area (Å²) in [7, 11) is 1.68. The van der Waals surface area contributed by atoms with Crippen molar-refractivity contribution in [2.75, 3.05) is 26.7 Å². The van der Waals surface area contributed by atoms with E-state index in [1.54, 1.807) is 11.7 Å². The topological polar surface area (TPSA) is 63.6 Å². The Morgan fingerprint density at radius 3 is 2.70 bits per heavy atom. The lowest BCUT2D eigenvalue weighted by atomic mass is 10.0. The van der Waals surface area contributed by atoms with Crippen LogP contribution >= 0.6 is 11.3 Å². The van der Waals surface area contributed by atoms with Crippen LogP contribution in [-0.2, 0) is 11.3 Å². The number of thiazole rings is 1. The highest BCUT2D eigenvalue weighted by Crippen LogP contribution is 2.31. The fraction of sp³-hybridized carbons (Fsp3) is 0.500. The van der Waals surface area contributed by atoms with Gasteiger partial charge in [0.1, 0.15) is 5.75 Å². The van der Waals surface area contributed by atoms with Crippen LogP contribution in [0.5, 0.6) is 5.75 Å². The monoisotopic (exact) mass is 389 g/mol. The Morgan fingerprint density at radius 2 is 2.04 bits per heavy atom. The van der Waals surface area contributed by atoms with Gasteiger partial charge in [-0.1, -0.05) is 29.5 Å². The van der Waals surface area contributed by atoms with E-state index < -0.39 is 0 Å². The lowest BCUT2D eigenvalue weighted by Gasteiger charge is -2.29. The van der Waals surface area contributed by atoms with Crippen molar-refractivity contribution >= 4 is 17.2 Å². The third-order valence-electron chi connectivity index (χ3n) is 5.11. The van der Waals surface area contributed by atoms with Gasteiger partial charge >= 0.3 is 4.87 Å². The van der Waals surface area contributed by atoms with Crippen molar-refractivity contribution in [3.05, 3.63) is 50.6 Å². The van der Waals surface area contributed by atoms with E-state index in [1.807, 2.05) is 30.5 Å². The molecule has 1 N–H and O–H groups in total. The smallest absolute Gasteiger partial charge is 0.307 e. The molecule has 2 aromatic rings. The minimum atomic E-state index is -0.0356. The molecule has 2 heterocycles. The fourth-order valence-corrected chi connectivity index (χ4v) is 4.38. The van der Waals surface area contributed by atoms with Crippen molar-refractivity contribution in [3.63, 3.8) is 0 Å². The molecule has 1 saturated heterocycles. The number of benzene rings is 1. The number of aromatic nitrogens is 1. The minimum absolute atomic E-state index is 0.00994. The molecule has 1 aromatic heterocycles. The molecular formula is C20H27N3O3S. The number of carbonyl (C=O) groups is 1. The number of carbonyl (C=O) groups excluding carboxylic acids is 1. The maximum absolute atomic E-state index is 12.4. The van der Waals surface area contributed by atoms with E-state index in [0.29, 0.717) is 19.5 Å². The van der Waals surface area contributed by atoms with Crippen LogP contribution in [-0.4, -0.2) is 42.1 Å². The Morgan fingerprint density at radius 1 is 1.30 bits per heavy atom. The molecule has 0 spiro atoms. The first-order valence-electron chi connectivity index (χ1n) is 9.38. The molecule has 0 bridgehead atoms. The van der Waals surface area contributed by atoms with E-state index in [-0.39, 0.29) is 16.8 Å². The first kappa shape index (κ1) is 19.6. The first-order valence-corrected chi connectivity index (χ1v) is 10.3. The Hall–Kier alpha value is -2.12. The number of methoxy groups -OCH3 is 1.